The third kappa shape index (κ3) is 2.53. The second-order valence-corrected chi connectivity index (χ2v) is 7.99. The lowest BCUT2D eigenvalue weighted by Crippen LogP contribution is -2.61. The average Bonchev–Trinajstić information content (AvgIpc) is 2.45. The Balaban J connectivity index is 1.48. The monoisotopic (exact) mass is 285 g/mol. The molecule has 4 saturated carbocycles. The van der Waals surface area contributed by atoms with Gasteiger partial charge in [-0.15, -0.1) is 0 Å². The summed E-state index contributed by atoms with van der Waals surface area (Å²) >= 11 is 0. The molecule has 1 aromatic rings. The minimum Gasteiger partial charge on any atom is -0.387 e. The van der Waals surface area contributed by atoms with Crippen LogP contribution in [0.5, 0.6) is 0 Å². The highest BCUT2D eigenvalue weighted by atomic mass is 16.3. The van der Waals surface area contributed by atoms with Crippen LogP contribution in [0, 0.1) is 17.8 Å². The van der Waals surface area contributed by atoms with E-state index in [0.717, 1.165) is 23.3 Å². The maximum absolute atomic E-state index is 10.6. The van der Waals surface area contributed by atoms with E-state index < -0.39 is 6.10 Å². The number of aliphatic hydroxyl groups is 1. The summed E-state index contributed by atoms with van der Waals surface area (Å²) in [5.41, 5.74) is 1.35. The molecule has 0 aliphatic heterocycles. The van der Waals surface area contributed by atoms with Gasteiger partial charge in [0.15, 0.2) is 0 Å². The lowest BCUT2D eigenvalue weighted by molar-refractivity contribution is -0.0337. The van der Waals surface area contributed by atoms with Crippen molar-refractivity contribution in [3.8, 4) is 0 Å². The van der Waals surface area contributed by atoms with E-state index in [1.807, 2.05) is 30.3 Å². The zero-order valence-electron chi connectivity index (χ0n) is 13.0. The molecule has 4 aliphatic carbocycles. The topological polar surface area (TPSA) is 32.3 Å². The number of nitrogens with one attached hydrogen (secondary N) is 1. The van der Waals surface area contributed by atoms with Crippen LogP contribution < -0.4 is 5.32 Å². The summed E-state index contributed by atoms with van der Waals surface area (Å²) in [6, 6.07) is 10.2. The zero-order valence-corrected chi connectivity index (χ0v) is 13.0. The number of aliphatic hydroxyl groups excluding tert-OH is 1. The molecule has 0 saturated heterocycles. The maximum Gasteiger partial charge on any atom is 0.0940 e. The highest BCUT2D eigenvalue weighted by Gasteiger charge is 2.51. The Bertz CT molecular complexity index is 462. The van der Waals surface area contributed by atoms with Gasteiger partial charge in [-0.05, 0) is 68.8 Å². The van der Waals surface area contributed by atoms with Gasteiger partial charge < -0.3 is 10.4 Å². The molecule has 0 amide bonds. The minimum absolute atomic E-state index is 0.128. The molecule has 1 aromatic carbocycles. The van der Waals surface area contributed by atoms with E-state index in [9.17, 15) is 5.11 Å². The van der Waals surface area contributed by atoms with Crippen molar-refractivity contribution >= 4 is 0 Å². The van der Waals surface area contributed by atoms with Crippen LogP contribution in [0.3, 0.4) is 0 Å². The summed E-state index contributed by atoms with van der Waals surface area (Å²) in [5, 5.41) is 14.5. The second kappa shape index (κ2) is 5.10. The fourth-order valence-corrected chi connectivity index (χ4v) is 5.79. The zero-order chi connectivity index (χ0) is 14.4. The van der Waals surface area contributed by atoms with E-state index in [0.29, 0.717) is 5.54 Å². The number of benzene rings is 1. The first-order valence-electron chi connectivity index (χ1n) is 8.64. The van der Waals surface area contributed by atoms with Crippen molar-refractivity contribution in [3.63, 3.8) is 0 Å². The highest BCUT2D eigenvalue weighted by Crippen LogP contribution is 2.55. The first-order chi connectivity index (χ1) is 10.1. The molecule has 0 heterocycles. The molecule has 2 nitrogen and oxygen atoms in total. The third-order valence-electron chi connectivity index (χ3n) is 6.19. The van der Waals surface area contributed by atoms with Gasteiger partial charge in [-0.1, -0.05) is 30.3 Å². The molecule has 21 heavy (non-hydrogen) atoms. The summed E-state index contributed by atoms with van der Waals surface area (Å²) in [6.07, 6.45) is 8.02. The van der Waals surface area contributed by atoms with Gasteiger partial charge in [0.1, 0.15) is 0 Å². The van der Waals surface area contributed by atoms with Crippen molar-refractivity contribution < 1.29 is 5.11 Å². The Morgan fingerprint density at radius 1 is 1.00 bits per heavy atom. The van der Waals surface area contributed by atoms with Crippen LogP contribution in [0.15, 0.2) is 30.3 Å². The normalized spacial score (nSPS) is 40.2. The van der Waals surface area contributed by atoms with Crippen LogP contribution in [-0.4, -0.2) is 16.7 Å². The molecule has 4 aliphatic rings. The first-order valence-corrected chi connectivity index (χ1v) is 8.64. The Morgan fingerprint density at radius 2 is 1.52 bits per heavy atom. The lowest BCUT2D eigenvalue weighted by atomic mass is 9.53. The molecule has 0 aromatic heterocycles. The molecule has 2 atom stereocenters. The molecule has 2 heteroatoms. The van der Waals surface area contributed by atoms with Gasteiger partial charge in [-0.2, -0.15) is 0 Å². The largest absolute Gasteiger partial charge is 0.387 e. The molecule has 0 spiro atoms. The SMILES string of the molecule is CC(NC12CC3CC(CC(C3)C1)C2)C(O)c1ccccc1. The predicted molar refractivity (Wildman–Crippen MR) is 84.9 cm³/mol. The minimum atomic E-state index is -0.404. The average molecular weight is 285 g/mol. The maximum atomic E-state index is 10.6. The van der Waals surface area contributed by atoms with Crippen LogP contribution >= 0.6 is 0 Å². The van der Waals surface area contributed by atoms with Crippen LogP contribution in [0.4, 0.5) is 0 Å². The molecule has 114 valence electrons. The van der Waals surface area contributed by atoms with Crippen molar-refractivity contribution in [3.05, 3.63) is 35.9 Å². The second-order valence-electron chi connectivity index (χ2n) is 7.99. The van der Waals surface area contributed by atoms with Gasteiger partial charge in [-0.25, -0.2) is 0 Å². The van der Waals surface area contributed by atoms with E-state index in [4.69, 9.17) is 0 Å². The molecule has 4 bridgehead atoms. The van der Waals surface area contributed by atoms with Crippen LogP contribution in [0.25, 0.3) is 0 Å². The van der Waals surface area contributed by atoms with Crippen molar-refractivity contribution in [2.24, 2.45) is 17.8 Å². The standard InChI is InChI=1S/C19H27NO/c1-13(18(21)17-5-3-2-4-6-17)20-19-10-14-7-15(11-19)9-16(8-14)12-19/h2-6,13-16,18,20-21H,7-12H2,1H3. The van der Waals surface area contributed by atoms with E-state index in [1.54, 1.807) is 0 Å². The van der Waals surface area contributed by atoms with Crippen molar-refractivity contribution in [2.45, 2.75) is 63.1 Å². The summed E-state index contributed by atoms with van der Waals surface area (Å²) < 4.78 is 0. The molecule has 2 N–H and O–H groups in total. The van der Waals surface area contributed by atoms with E-state index >= 15 is 0 Å². The van der Waals surface area contributed by atoms with Crippen LogP contribution in [0.2, 0.25) is 0 Å². The summed E-state index contributed by atoms with van der Waals surface area (Å²) in [5.74, 6) is 2.85. The lowest BCUT2D eigenvalue weighted by Gasteiger charge is -2.58. The van der Waals surface area contributed by atoms with E-state index in [1.165, 1.54) is 38.5 Å². The molecular weight excluding hydrogens is 258 g/mol. The fourth-order valence-electron chi connectivity index (χ4n) is 5.79. The Labute approximate surface area is 128 Å². The smallest absolute Gasteiger partial charge is 0.0940 e. The van der Waals surface area contributed by atoms with Gasteiger partial charge in [0, 0.05) is 11.6 Å². The summed E-state index contributed by atoms with van der Waals surface area (Å²) in [6.45, 7) is 2.15. The van der Waals surface area contributed by atoms with Crippen molar-refractivity contribution in [2.75, 3.05) is 0 Å². The summed E-state index contributed by atoms with van der Waals surface area (Å²) in [4.78, 5) is 0. The van der Waals surface area contributed by atoms with E-state index in [-0.39, 0.29) is 6.04 Å². The van der Waals surface area contributed by atoms with Crippen LogP contribution in [-0.2, 0) is 0 Å². The van der Waals surface area contributed by atoms with Gasteiger partial charge >= 0.3 is 0 Å². The van der Waals surface area contributed by atoms with Gasteiger partial charge in [0.2, 0.25) is 0 Å². The van der Waals surface area contributed by atoms with E-state index in [2.05, 4.69) is 12.2 Å². The number of hydrogen-bond donors (Lipinski definition) is 2. The summed E-state index contributed by atoms with van der Waals surface area (Å²) in [7, 11) is 0. The molecular formula is C19H27NO. The van der Waals surface area contributed by atoms with Gasteiger partial charge in [0.25, 0.3) is 0 Å². The number of rotatable bonds is 4. The molecule has 4 fully saturated rings. The predicted octanol–water partition coefficient (Wildman–Crippen LogP) is 3.67. The van der Waals surface area contributed by atoms with Crippen molar-refractivity contribution in [1.29, 1.82) is 0 Å². The Kier molecular flexibility index (Phi) is 3.35. The van der Waals surface area contributed by atoms with Gasteiger partial charge in [0.05, 0.1) is 6.10 Å². The van der Waals surface area contributed by atoms with Crippen molar-refractivity contribution in [1.82, 2.24) is 5.32 Å². The molecule has 2 unspecified atom stereocenters. The Hall–Kier alpha value is -0.860. The quantitative estimate of drug-likeness (QED) is 0.884. The Morgan fingerprint density at radius 3 is 2.05 bits per heavy atom. The van der Waals surface area contributed by atoms with Crippen LogP contribution in [0.1, 0.15) is 57.1 Å². The third-order valence-corrected chi connectivity index (χ3v) is 6.19. The molecule has 0 radical (unpaired) electrons. The number of hydrogen-bond acceptors (Lipinski definition) is 2. The fraction of sp³-hybridized carbons (Fsp3) is 0.684. The highest BCUT2D eigenvalue weighted by molar-refractivity contribution is 5.19. The first kappa shape index (κ1) is 13.8. The molecule has 5 rings (SSSR count). The van der Waals surface area contributed by atoms with Gasteiger partial charge in [-0.3, -0.25) is 0 Å².